The standard InChI is InChI=1S/C35H26FNO4/c1-20-10-12-21(13-11-20)32(38)31-30(23-6-5-7-25(19-23)41-2)35(33(39)26-8-3-4-9-27(26)34(35)40)29-17-14-22-18-24(36)15-16-28(22)37(29)31/h3-19,29-31H,1-2H3. The van der Waals surface area contributed by atoms with Crippen LogP contribution in [-0.4, -0.2) is 36.5 Å². The first kappa shape index (κ1) is 25.1. The van der Waals surface area contributed by atoms with Gasteiger partial charge in [-0.2, -0.15) is 0 Å². The predicted molar refractivity (Wildman–Crippen MR) is 154 cm³/mol. The van der Waals surface area contributed by atoms with E-state index in [1.807, 2.05) is 36.1 Å². The highest BCUT2D eigenvalue weighted by atomic mass is 19.1. The number of rotatable bonds is 4. The maximum absolute atomic E-state index is 14.7. The second-order valence-electron chi connectivity index (χ2n) is 10.9. The van der Waals surface area contributed by atoms with Gasteiger partial charge in [-0.25, -0.2) is 4.39 Å². The minimum atomic E-state index is -1.62. The fourth-order valence-corrected chi connectivity index (χ4v) is 7.04. The first-order chi connectivity index (χ1) is 19.9. The lowest BCUT2D eigenvalue weighted by atomic mass is 9.64. The van der Waals surface area contributed by atoms with Gasteiger partial charge in [0.15, 0.2) is 17.3 Å². The van der Waals surface area contributed by atoms with Crippen LogP contribution in [0.5, 0.6) is 5.75 Å². The molecular formula is C35H26FNO4. The molecule has 2 heterocycles. The second-order valence-corrected chi connectivity index (χ2v) is 10.9. The van der Waals surface area contributed by atoms with Gasteiger partial charge in [0.1, 0.15) is 23.0 Å². The van der Waals surface area contributed by atoms with Crippen LogP contribution in [0.2, 0.25) is 0 Å². The highest BCUT2D eigenvalue weighted by Crippen LogP contribution is 2.61. The van der Waals surface area contributed by atoms with Crippen molar-refractivity contribution in [2.45, 2.75) is 24.9 Å². The molecule has 1 aliphatic carbocycles. The molecule has 3 aliphatic rings. The normalized spacial score (nSPS) is 21.5. The highest BCUT2D eigenvalue weighted by molar-refractivity contribution is 6.32. The van der Waals surface area contributed by atoms with Gasteiger partial charge in [0.05, 0.1) is 13.2 Å². The Kier molecular flexibility index (Phi) is 5.58. The van der Waals surface area contributed by atoms with Crippen molar-refractivity contribution in [1.29, 1.82) is 0 Å². The summed E-state index contributed by atoms with van der Waals surface area (Å²) in [4.78, 5) is 45.8. The molecule has 2 aliphatic heterocycles. The molecule has 5 nitrogen and oxygen atoms in total. The minimum absolute atomic E-state index is 0.221. The van der Waals surface area contributed by atoms with Crippen LogP contribution < -0.4 is 9.64 Å². The van der Waals surface area contributed by atoms with Gasteiger partial charge in [-0.15, -0.1) is 0 Å². The van der Waals surface area contributed by atoms with E-state index < -0.39 is 29.2 Å². The number of methoxy groups -OCH3 is 1. The summed E-state index contributed by atoms with van der Waals surface area (Å²) in [5.41, 5.74) is 2.40. The number of carbonyl (C=O) groups is 3. The summed E-state index contributed by atoms with van der Waals surface area (Å²) in [5, 5.41) is 0. The number of aryl methyl sites for hydroxylation is 1. The Labute approximate surface area is 236 Å². The van der Waals surface area contributed by atoms with Gasteiger partial charge in [-0.1, -0.05) is 78.4 Å². The second kappa shape index (κ2) is 9.10. The molecule has 1 fully saturated rings. The Balaban J connectivity index is 1.55. The molecule has 0 saturated carbocycles. The average molecular weight is 544 g/mol. The van der Waals surface area contributed by atoms with Gasteiger partial charge in [0.2, 0.25) is 0 Å². The molecule has 0 bridgehead atoms. The third kappa shape index (κ3) is 3.43. The van der Waals surface area contributed by atoms with Crippen LogP contribution in [0.3, 0.4) is 0 Å². The maximum atomic E-state index is 14.7. The van der Waals surface area contributed by atoms with Gasteiger partial charge in [0, 0.05) is 33.9 Å². The molecule has 0 radical (unpaired) electrons. The van der Waals surface area contributed by atoms with Crippen LogP contribution in [0.15, 0.2) is 97.1 Å². The molecule has 41 heavy (non-hydrogen) atoms. The van der Waals surface area contributed by atoms with Crippen molar-refractivity contribution in [1.82, 2.24) is 0 Å². The lowest BCUT2D eigenvalue weighted by molar-refractivity contribution is 0.0665. The Hall–Kier alpha value is -4.84. The SMILES string of the molecule is COc1cccc(C2C(C(=O)c3ccc(C)cc3)N3c4ccc(F)cc4C=CC3C23C(=O)c2ccccc2C3=O)c1. The Bertz CT molecular complexity index is 1760. The van der Waals surface area contributed by atoms with Crippen molar-refractivity contribution in [3.8, 4) is 5.75 Å². The number of nitrogens with zero attached hydrogens (tertiary/aromatic N) is 1. The van der Waals surface area contributed by atoms with Crippen molar-refractivity contribution in [3.63, 3.8) is 0 Å². The van der Waals surface area contributed by atoms with Crippen molar-refractivity contribution < 1.29 is 23.5 Å². The molecule has 6 heteroatoms. The molecule has 4 aromatic carbocycles. The van der Waals surface area contributed by atoms with Crippen LogP contribution in [0.4, 0.5) is 10.1 Å². The summed E-state index contributed by atoms with van der Waals surface area (Å²) in [6, 6.07) is 24.1. The van der Waals surface area contributed by atoms with Gasteiger partial charge >= 0.3 is 0 Å². The van der Waals surface area contributed by atoms with Gasteiger partial charge in [-0.05, 0) is 42.8 Å². The number of halogens is 1. The van der Waals surface area contributed by atoms with Gasteiger partial charge in [0.25, 0.3) is 0 Å². The Morgan fingerprint density at radius 1 is 0.878 bits per heavy atom. The summed E-state index contributed by atoms with van der Waals surface area (Å²) in [6.07, 6.45) is 3.55. The molecule has 3 atom stereocenters. The fourth-order valence-electron chi connectivity index (χ4n) is 7.04. The first-order valence-corrected chi connectivity index (χ1v) is 13.6. The van der Waals surface area contributed by atoms with Gasteiger partial charge in [-0.3, -0.25) is 14.4 Å². The number of ketones is 3. The molecular weight excluding hydrogens is 517 g/mol. The smallest absolute Gasteiger partial charge is 0.185 e. The van der Waals surface area contributed by atoms with Crippen LogP contribution >= 0.6 is 0 Å². The van der Waals surface area contributed by atoms with Crippen molar-refractivity contribution in [3.05, 3.63) is 136 Å². The van der Waals surface area contributed by atoms with E-state index in [1.54, 1.807) is 73.9 Å². The molecule has 202 valence electrons. The van der Waals surface area contributed by atoms with Crippen molar-refractivity contribution in [2.75, 3.05) is 12.0 Å². The first-order valence-electron chi connectivity index (χ1n) is 13.6. The third-order valence-corrected chi connectivity index (χ3v) is 8.82. The average Bonchev–Trinajstić information content (AvgIpc) is 3.43. The zero-order chi connectivity index (χ0) is 28.5. The summed E-state index contributed by atoms with van der Waals surface area (Å²) in [6.45, 7) is 1.95. The predicted octanol–water partition coefficient (Wildman–Crippen LogP) is 6.46. The summed E-state index contributed by atoms with van der Waals surface area (Å²) >= 11 is 0. The number of fused-ring (bicyclic) bond motifs is 5. The quantitative estimate of drug-likeness (QED) is 0.218. The molecule has 4 aromatic rings. The van der Waals surface area contributed by atoms with E-state index in [-0.39, 0.29) is 17.3 Å². The molecule has 0 N–H and O–H groups in total. The summed E-state index contributed by atoms with van der Waals surface area (Å²) in [7, 11) is 1.55. The molecule has 0 amide bonds. The lowest BCUT2D eigenvalue weighted by Gasteiger charge is -2.37. The monoisotopic (exact) mass is 543 g/mol. The number of ether oxygens (including phenoxy) is 1. The molecule has 0 aromatic heterocycles. The van der Waals surface area contributed by atoms with E-state index in [1.165, 1.54) is 12.1 Å². The van der Waals surface area contributed by atoms with Crippen LogP contribution in [-0.2, 0) is 0 Å². The van der Waals surface area contributed by atoms with E-state index in [4.69, 9.17) is 4.74 Å². The number of hydrogen-bond donors (Lipinski definition) is 0. The zero-order valence-electron chi connectivity index (χ0n) is 22.5. The van der Waals surface area contributed by atoms with E-state index in [0.29, 0.717) is 39.3 Å². The molecule has 1 saturated heterocycles. The number of anilines is 1. The topological polar surface area (TPSA) is 63.7 Å². The molecule has 1 spiro atoms. The number of Topliss-reactive ketones (excluding diaryl/α,β-unsaturated/α-hetero) is 3. The van der Waals surface area contributed by atoms with Crippen LogP contribution in [0.25, 0.3) is 6.08 Å². The van der Waals surface area contributed by atoms with E-state index in [0.717, 1.165) is 5.56 Å². The highest BCUT2D eigenvalue weighted by Gasteiger charge is 2.71. The summed E-state index contributed by atoms with van der Waals surface area (Å²) < 4.78 is 19.9. The lowest BCUT2D eigenvalue weighted by Crippen LogP contribution is -2.48. The van der Waals surface area contributed by atoms with E-state index in [2.05, 4.69) is 0 Å². The largest absolute Gasteiger partial charge is 0.497 e. The Morgan fingerprint density at radius 2 is 1.59 bits per heavy atom. The van der Waals surface area contributed by atoms with Crippen LogP contribution in [0, 0.1) is 18.2 Å². The van der Waals surface area contributed by atoms with Gasteiger partial charge < -0.3 is 9.64 Å². The maximum Gasteiger partial charge on any atom is 0.185 e. The molecule has 3 unspecified atom stereocenters. The third-order valence-electron chi connectivity index (χ3n) is 8.82. The zero-order valence-corrected chi connectivity index (χ0v) is 22.5. The van der Waals surface area contributed by atoms with Crippen molar-refractivity contribution >= 4 is 29.1 Å². The Morgan fingerprint density at radius 3 is 2.27 bits per heavy atom. The minimum Gasteiger partial charge on any atom is -0.497 e. The van der Waals surface area contributed by atoms with E-state index in [9.17, 15) is 18.8 Å². The fraction of sp³-hybridized carbons (Fsp3) is 0.171. The van der Waals surface area contributed by atoms with Crippen LogP contribution in [0.1, 0.15) is 53.7 Å². The molecule has 7 rings (SSSR count). The summed E-state index contributed by atoms with van der Waals surface area (Å²) in [5.74, 6) is -1.55. The van der Waals surface area contributed by atoms with Crippen molar-refractivity contribution in [2.24, 2.45) is 5.41 Å². The number of carbonyl (C=O) groups excluding carboxylic acids is 3. The number of benzene rings is 4. The number of hydrogen-bond acceptors (Lipinski definition) is 5. The van der Waals surface area contributed by atoms with E-state index >= 15 is 0 Å².